The molecule has 29 heavy (non-hydrogen) atoms. The highest BCUT2D eigenvalue weighted by molar-refractivity contribution is 7.99. The average Bonchev–Trinajstić information content (AvgIpc) is 2.77. The van der Waals surface area contributed by atoms with Gasteiger partial charge in [-0.05, 0) is 29.5 Å². The predicted octanol–water partition coefficient (Wildman–Crippen LogP) is 5.71. The number of carbonyl (C=O) groups excluding carboxylic acids is 1. The minimum atomic E-state index is -0.463. The number of benzene rings is 2. The van der Waals surface area contributed by atoms with E-state index in [-0.39, 0.29) is 5.82 Å². The van der Waals surface area contributed by atoms with Crippen LogP contribution in [0.1, 0.15) is 21.5 Å². The minimum absolute atomic E-state index is 0.277. The Labute approximate surface area is 182 Å². The predicted molar refractivity (Wildman–Crippen MR) is 117 cm³/mol. The van der Waals surface area contributed by atoms with Gasteiger partial charge in [0.1, 0.15) is 21.4 Å². The second-order valence-electron chi connectivity index (χ2n) is 5.88. The van der Waals surface area contributed by atoms with Crippen molar-refractivity contribution in [3.05, 3.63) is 77.1 Å². The Kier molecular flexibility index (Phi) is 7.97. The topological polar surface area (TPSA) is 52.1 Å². The van der Waals surface area contributed by atoms with Crippen LogP contribution in [0.3, 0.4) is 0 Å². The molecule has 3 aromatic rings. The first-order chi connectivity index (χ1) is 14.1. The Balaban J connectivity index is 1.90. The summed E-state index contributed by atoms with van der Waals surface area (Å²) in [7, 11) is 1.35. The van der Waals surface area contributed by atoms with E-state index >= 15 is 0 Å². The summed E-state index contributed by atoms with van der Waals surface area (Å²) in [5.41, 5.74) is 2.45. The van der Waals surface area contributed by atoms with Gasteiger partial charge in [-0.25, -0.2) is 19.2 Å². The number of esters is 1. The first kappa shape index (κ1) is 21.7. The van der Waals surface area contributed by atoms with E-state index in [9.17, 15) is 9.18 Å². The van der Waals surface area contributed by atoms with E-state index in [1.807, 2.05) is 36.6 Å². The van der Waals surface area contributed by atoms with Gasteiger partial charge >= 0.3 is 5.97 Å². The number of hydrogen-bond donors (Lipinski definition) is 0. The van der Waals surface area contributed by atoms with Crippen molar-refractivity contribution in [2.24, 2.45) is 0 Å². The maximum absolute atomic E-state index is 13.1. The molecule has 8 heteroatoms. The van der Waals surface area contributed by atoms with E-state index in [0.29, 0.717) is 32.3 Å². The number of nitrogens with zero attached hydrogens (tertiary/aromatic N) is 2. The average molecular weight is 447 g/mol. The van der Waals surface area contributed by atoms with E-state index in [0.717, 1.165) is 11.1 Å². The van der Waals surface area contributed by atoms with Crippen molar-refractivity contribution in [2.45, 2.75) is 26.7 Å². The van der Waals surface area contributed by atoms with E-state index in [4.69, 9.17) is 4.74 Å². The second kappa shape index (κ2) is 10.7. The minimum Gasteiger partial charge on any atom is -0.465 e. The standard InChI is InChI=1S/C21H19FN2O2S3/c1-26-20(25)17-18(28-12-14-6-4-3-5-7-14)23-21(27-2)24-19(17)29-13-15-8-10-16(22)11-9-15/h3-11H,12-13H2,1-2H3. The molecule has 0 aliphatic heterocycles. The summed E-state index contributed by atoms with van der Waals surface area (Å²) in [4.78, 5) is 21.6. The summed E-state index contributed by atoms with van der Waals surface area (Å²) < 4.78 is 18.2. The van der Waals surface area contributed by atoms with Crippen molar-refractivity contribution in [1.29, 1.82) is 0 Å². The van der Waals surface area contributed by atoms with Gasteiger partial charge in [0.05, 0.1) is 7.11 Å². The van der Waals surface area contributed by atoms with E-state index < -0.39 is 5.97 Å². The Hall–Kier alpha value is -2.03. The van der Waals surface area contributed by atoms with Crippen LogP contribution in [-0.4, -0.2) is 29.3 Å². The number of carbonyl (C=O) groups is 1. The van der Waals surface area contributed by atoms with Gasteiger partial charge in [0, 0.05) is 11.5 Å². The number of hydrogen-bond acceptors (Lipinski definition) is 7. The first-order valence-corrected chi connectivity index (χ1v) is 11.9. The summed E-state index contributed by atoms with van der Waals surface area (Å²) >= 11 is 4.32. The van der Waals surface area contributed by atoms with Crippen LogP contribution in [0.4, 0.5) is 4.39 Å². The van der Waals surface area contributed by atoms with Crippen LogP contribution >= 0.6 is 35.3 Å². The molecule has 0 radical (unpaired) electrons. The van der Waals surface area contributed by atoms with E-state index in [2.05, 4.69) is 9.97 Å². The molecule has 0 N–H and O–H groups in total. The van der Waals surface area contributed by atoms with Gasteiger partial charge in [0.25, 0.3) is 0 Å². The van der Waals surface area contributed by atoms with Crippen molar-refractivity contribution >= 4 is 41.3 Å². The quantitative estimate of drug-likeness (QED) is 0.190. The van der Waals surface area contributed by atoms with Crippen molar-refractivity contribution in [1.82, 2.24) is 9.97 Å². The maximum Gasteiger partial charge on any atom is 0.343 e. The first-order valence-electron chi connectivity index (χ1n) is 8.69. The number of halogens is 1. The molecule has 0 saturated heterocycles. The zero-order valence-corrected chi connectivity index (χ0v) is 18.4. The molecule has 0 saturated carbocycles. The van der Waals surface area contributed by atoms with Crippen LogP contribution in [0.2, 0.25) is 0 Å². The lowest BCUT2D eigenvalue weighted by Gasteiger charge is -2.13. The lowest BCUT2D eigenvalue weighted by Crippen LogP contribution is -2.10. The molecule has 0 aliphatic carbocycles. The molecule has 0 amide bonds. The fraction of sp³-hybridized carbons (Fsp3) is 0.190. The third-order valence-electron chi connectivity index (χ3n) is 3.90. The van der Waals surface area contributed by atoms with Crippen LogP contribution in [0.15, 0.2) is 69.8 Å². The highest BCUT2D eigenvalue weighted by Crippen LogP contribution is 2.34. The van der Waals surface area contributed by atoms with E-state index in [1.165, 1.54) is 54.5 Å². The number of ether oxygens (including phenoxy) is 1. The van der Waals surface area contributed by atoms with Crippen LogP contribution in [0.25, 0.3) is 0 Å². The Morgan fingerprint density at radius 2 is 1.48 bits per heavy atom. The molecule has 3 rings (SSSR count). The van der Waals surface area contributed by atoms with Crippen LogP contribution in [0, 0.1) is 5.82 Å². The number of aromatic nitrogens is 2. The Morgan fingerprint density at radius 1 is 0.931 bits per heavy atom. The molecule has 0 unspecified atom stereocenters. The molecule has 2 aromatic carbocycles. The smallest absolute Gasteiger partial charge is 0.343 e. The molecule has 0 spiro atoms. The molecular weight excluding hydrogens is 427 g/mol. The lowest BCUT2D eigenvalue weighted by molar-refractivity contribution is 0.0590. The van der Waals surface area contributed by atoms with Crippen molar-refractivity contribution < 1.29 is 13.9 Å². The van der Waals surface area contributed by atoms with Crippen LogP contribution < -0.4 is 0 Å². The third kappa shape index (κ3) is 5.98. The molecule has 0 fully saturated rings. The van der Waals surface area contributed by atoms with Crippen molar-refractivity contribution in [3.63, 3.8) is 0 Å². The largest absolute Gasteiger partial charge is 0.465 e. The van der Waals surface area contributed by atoms with Gasteiger partial charge in [-0.2, -0.15) is 0 Å². The molecule has 0 bridgehead atoms. The summed E-state index contributed by atoms with van der Waals surface area (Å²) in [6.07, 6.45) is 1.90. The van der Waals surface area contributed by atoms with Gasteiger partial charge in [-0.15, -0.1) is 23.5 Å². The number of methoxy groups -OCH3 is 1. The van der Waals surface area contributed by atoms with Crippen molar-refractivity contribution in [3.8, 4) is 0 Å². The van der Waals surface area contributed by atoms with Gasteiger partial charge in [0.15, 0.2) is 5.16 Å². The van der Waals surface area contributed by atoms with Gasteiger partial charge < -0.3 is 4.74 Å². The normalized spacial score (nSPS) is 10.7. The molecule has 0 aliphatic rings. The van der Waals surface area contributed by atoms with Gasteiger partial charge in [-0.3, -0.25) is 0 Å². The SMILES string of the molecule is COC(=O)c1c(SCc2ccccc2)nc(SC)nc1SCc1ccc(F)cc1. The molecule has 1 aromatic heterocycles. The maximum atomic E-state index is 13.1. The fourth-order valence-corrected chi connectivity index (χ4v) is 4.92. The number of rotatable bonds is 8. The lowest BCUT2D eigenvalue weighted by atomic mass is 10.2. The van der Waals surface area contributed by atoms with E-state index in [1.54, 1.807) is 12.1 Å². The summed E-state index contributed by atoms with van der Waals surface area (Å²) in [5.74, 6) is 0.491. The number of thioether (sulfide) groups is 3. The summed E-state index contributed by atoms with van der Waals surface area (Å²) in [6, 6.07) is 16.3. The molecular formula is C21H19FN2O2S3. The molecule has 4 nitrogen and oxygen atoms in total. The molecule has 1 heterocycles. The summed E-state index contributed by atoms with van der Waals surface area (Å²) in [5, 5.41) is 1.76. The molecule has 0 atom stereocenters. The highest BCUT2D eigenvalue weighted by Gasteiger charge is 2.22. The second-order valence-corrected chi connectivity index (χ2v) is 8.58. The summed E-state index contributed by atoms with van der Waals surface area (Å²) in [6.45, 7) is 0. The van der Waals surface area contributed by atoms with Crippen LogP contribution in [-0.2, 0) is 16.2 Å². The van der Waals surface area contributed by atoms with Gasteiger partial charge in [0.2, 0.25) is 0 Å². The van der Waals surface area contributed by atoms with Crippen LogP contribution in [0.5, 0.6) is 0 Å². The Morgan fingerprint density at radius 3 is 2.00 bits per heavy atom. The zero-order valence-electron chi connectivity index (χ0n) is 15.9. The highest BCUT2D eigenvalue weighted by atomic mass is 32.2. The Bertz CT molecular complexity index is 970. The molecule has 150 valence electrons. The zero-order chi connectivity index (χ0) is 20.6. The van der Waals surface area contributed by atoms with Gasteiger partial charge in [-0.1, -0.05) is 54.2 Å². The monoisotopic (exact) mass is 446 g/mol. The van der Waals surface area contributed by atoms with Crippen molar-refractivity contribution in [2.75, 3.05) is 13.4 Å². The fourth-order valence-electron chi connectivity index (χ4n) is 2.44. The third-order valence-corrected chi connectivity index (χ3v) is 6.54.